The lowest BCUT2D eigenvalue weighted by atomic mass is 9.94. The Labute approximate surface area is 234 Å². The molecule has 2 saturated heterocycles. The second kappa shape index (κ2) is 11.3. The van der Waals surface area contributed by atoms with Gasteiger partial charge in [-0.25, -0.2) is 9.18 Å². The number of piperidine rings is 1. The van der Waals surface area contributed by atoms with E-state index in [9.17, 15) is 19.1 Å². The summed E-state index contributed by atoms with van der Waals surface area (Å²) in [6.45, 7) is 9.66. The van der Waals surface area contributed by atoms with Gasteiger partial charge in [-0.1, -0.05) is 0 Å². The van der Waals surface area contributed by atoms with Crippen LogP contribution in [0, 0.1) is 24.6 Å². The number of carbonyl (C=O) groups is 2. The minimum absolute atomic E-state index is 0.176. The quantitative estimate of drug-likeness (QED) is 0.445. The highest BCUT2D eigenvalue weighted by Crippen LogP contribution is 2.33. The summed E-state index contributed by atoms with van der Waals surface area (Å²) < 4.78 is 20.9. The molecule has 4 heterocycles. The number of ether oxygens (including phenoxy) is 1. The second-order valence-electron chi connectivity index (χ2n) is 11.9. The largest absolute Gasteiger partial charge is 0.465 e. The Kier molecular flexibility index (Phi) is 7.97. The van der Waals surface area contributed by atoms with Crippen molar-refractivity contribution in [1.82, 2.24) is 19.4 Å². The lowest BCUT2D eigenvalue weighted by Gasteiger charge is -2.36. The number of halogens is 1. The predicted octanol–water partition coefficient (Wildman–Crippen LogP) is 4.13. The molecule has 214 valence electrons. The first-order chi connectivity index (χ1) is 19.0. The van der Waals surface area contributed by atoms with Crippen LogP contribution >= 0.6 is 0 Å². The molecule has 0 bridgehead atoms. The number of pyridine rings is 1. The van der Waals surface area contributed by atoms with Crippen LogP contribution in [0.4, 0.5) is 4.39 Å². The van der Waals surface area contributed by atoms with Crippen molar-refractivity contribution in [2.45, 2.75) is 52.1 Å². The van der Waals surface area contributed by atoms with E-state index in [-0.39, 0.29) is 11.5 Å². The first-order valence-electron chi connectivity index (χ1n) is 14.1. The molecule has 9 heteroatoms. The number of hydrogen-bond acceptors (Lipinski definition) is 6. The van der Waals surface area contributed by atoms with Gasteiger partial charge < -0.3 is 24.2 Å². The van der Waals surface area contributed by atoms with Crippen LogP contribution in [0.5, 0.6) is 0 Å². The molecule has 1 amide bonds. The zero-order valence-corrected chi connectivity index (χ0v) is 23.8. The summed E-state index contributed by atoms with van der Waals surface area (Å²) in [5.74, 6) is -0.209. The van der Waals surface area contributed by atoms with Crippen LogP contribution in [0.2, 0.25) is 0 Å². The van der Waals surface area contributed by atoms with Gasteiger partial charge >= 0.3 is 5.97 Å². The fourth-order valence-corrected chi connectivity index (χ4v) is 6.41. The van der Waals surface area contributed by atoms with E-state index in [4.69, 9.17) is 4.74 Å². The number of amides is 1. The minimum atomic E-state index is -1.32. The number of nitrogens with zero attached hydrogens (tertiary/aromatic N) is 4. The van der Waals surface area contributed by atoms with Crippen molar-refractivity contribution in [1.29, 1.82) is 0 Å². The number of benzene rings is 1. The van der Waals surface area contributed by atoms with Gasteiger partial charge in [0, 0.05) is 44.0 Å². The summed E-state index contributed by atoms with van der Waals surface area (Å²) in [5, 5.41) is 11.2. The molecule has 8 nitrogen and oxygen atoms in total. The van der Waals surface area contributed by atoms with Gasteiger partial charge in [-0.05, 0) is 94.2 Å². The smallest absolute Gasteiger partial charge is 0.340 e. The van der Waals surface area contributed by atoms with Crippen LogP contribution in [0.1, 0.15) is 54.6 Å². The molecule has 2 aliphatic heterocycles. The number of hydrogen-bond donors (Lipinski definition) is 1. The van der Waals surface area contributed by atoms with Crippen molar-refractivity contribution < 1.29 is 23.8 Å². The highest BCUT2D eigenvalue weighted by molar-refractivity contribution is 5.95. The SMILES string of the molecule is COC(=O)c1cc(F)ccc1-n1cc(CC2CCN(CC3CCN(C(=O)C(C)(C)O)CC3)C2)c2c(C)cncc21. The monoisotopic (exact) mass is 550 g/mol. The number of methoxy groups -OCH3 is 1. The summed E-state index contributed by atoms with van der Waals surface area (Å²) >= 11 is 0. The zero-order valence-electron chi connectivity index (χ0n) is 23.8. The number of carbonyl (C=O) groups excluding carboxylic acids is 2. The van der Waals surface area contributed by atoms with Gasteiger partial charge in [0.05, 0.1) is 30.1 Å². The normalized spacial score (nSPS) is 18.9. The first kappa shape index (κ1) is 28.2. The maximum Gasteiger partial charge on any atom is 0.340 e. The van der Waals surface area contributed by atoms with Crippen molar-refractivity contribution in [2.75, 3.05) is 39.8 Å². The van der Waals surface area contributed by atoms with E-state index < -0.39 is 17.4 Å². The van der Waals surface area contributed by atoms with Gasteiger partial charge in [-0.15, -0.1) is 0 Å². The highest BCUT2D eigenvalue weighted by Gasteiger charge is 2.33. The van der Waals surface area contributed by atoms with Crippen molar-refractivity contribution in [3.8, 4) is 5.69 Å². The maximum atomic E-state index is 14.1. The Balaban J connectivity index is 1.29. The maximum absolute atomic E-state index is 14.1. The highest BCUT2D eigenvalue weighted by atomic mass is 19.1. The number of likely N-dealkylation sites (tertiary alicyclic amines) is 2. The average Bonchev–Trinajstić information content (AvgIpc) is 3.52. The lowest BCUT2D eigenvalue weighted by Crippen LogP contribution is -2.49. The molecular weight excluding hydrogens is 511 g/mol. The van der Waals surface area contributed by atoms with E-state index in [1.165, 1.54) is 24.8 Å². The van der Waals surface area contributed by atoms with Crippen molar-refractivity contribution in [3.63, 3.8) is 0 Å². The number of aliphatic hydroxyl groups is 1. The standard InChI is InChI=1S/C31H39FN4O4/c1-20-15-33-16-27-28(20)23(19-36(27)26-6-5-24(32)14-25(26)29(37)40-4)13-22-7-10-34(18-22)17-21-8-11-35(12-9-21)30(38)31(2,3)39/h5-6,14-16,19,21-22,39H,7-13,17-18H2,1-4H3. The Morgan fingerprint density at radius 2 is 1.85 bits per heavy atom. The molecule has 1 N–H and O–H groups in total. The molecule has 2 fully saturated rings. The summed E-state index contributed by atoms with van der Waals surface area (Å²) in [4.78, 5) is 33.6. The van der Waals surface area contributed by atoms with Gasteiger partial charge in [0.25, 0.3) is 5.91 Å². The molecule has 0 spiro atoms. The lowest BCUT2D eigenvalue weighted by molar-refractivity contribution is -0.149. The molecule has 40 heavy (non-hydrogen) atoms. The molecule has 2 aromatic heterocycles. The molecule has 0 aliphatic carbocycles. The van der Waals surface area contributed by atoms with Crippen LogP contribution in [0.25, 0.3) is 16.6 Å². The first-order valence-corrected chi connectivity index (χ1v) is 14.1. The third-order valence-electron chi connectivity index (χ3n) is 8.42. The van der Waals surface area contributed by atoms with Crippen LogP contribution in [0.15, 0.2) is 36.8 Å². The summed E-state index contributed by atoms with van der Waals surface area (Å²) in [7, 11) is 1.30. The summed E-state index contributed by atoms with van der Waals surface area (Å²) in [6, 6.07) is 4.19. The summed E-state index contributed by atoms with van der Waals surface area (Å²) in [5.41, 5.74) is 2.57. The molecule has 0 saturated carbocycles. The Morgan fingerprint density at radius 3 is 2.55 bits per heavy atom. The van der Waals surface area contributed by atoms with E-state index in [1.54, 1.807) is 31.0 Å². The number of fused-ring (bicyclic) bond motifs is 1. The topological polar surface area (TPSA) is 87.9 Å². The molecule has 1 aromatic carbocycles. The molecule has 2 aliphatic rings. The van der Waals surface area contributed by atoms with Crippen LogP contribution in [-0.4, -0.2) is 81.8 Å². The van der Waals surface area contributed by atoms with Crippen LogP contribution in [-0.2, 0) is 16.0 Å². The fraction of sp³-hybridized carbons (Fsp3) is 0.516. The Bertz CT molecular complexity index is 1400. The van der Waals surface area contributed by atoms with Crippen LogP contribution < -0.4 is 0 Å². The van der Waals surface area contributed by atoms with Gasteiger partial charge in [0.1, 0.15) is 11.4 Å². The van der Waals surface area contributed by atoms with E-state index in [2.05, 4.69) is 16.1 Å². The molecule has 1 atom stereocenters. The number of aryl methyl sites for hydroxylation is 1. The van der Waals surface area contributed by atoms with E-state index in [1.807, 2.05) is 17.7 Å². The number of esters is 1. The van der Waals surface area contributed by atoms with Gasteiger partial charge in [0.15, 0.2) is 0 Å². The van der Waals surface area contributed by atoms with E-state index >= 15 is 0 Å². The summed E-state index contributed by atoms with van der Waals surface area (Å²) in [6.07, 6.45) is 9.65. The van der Waals surface area contributed by atoms with Crippen molar-refractivity contribution >= 4 is 22.8 Å². The van der Waals surface area contributed by atoms with Crippen molar-refractivity contribution in [3.05, 3.63) is 59.3 Å². The predicted molar refractivity (Wildman–Crippen MR) is 151 cm³/mol. The average molecular weight is 551 g/mol. The fourth-order valence-electron chi connectivity index (χ4n) is 6.41. The minimum Gasteiger partial charge on any atom is -0.465 e. The van der Waals surface area contributed by atoms with Gasteiger partial charge in [-0.2, -0.15) is 0 Å². The van der Waals surface area contributed by atoms with E-state index in [0.29, 0.717) is 30.6 Å². The third-order valence-corrected chi connectivity index (χ3v) is 8.42. The molecule has 1 unspecified atom stereocenters. The number of aromatic nitrogens is 2. The molecule has 0 radical (unpaired) electrons. The zero-order chi connectivity index (χ0) is 28.6. The molecule has 5 rings (SSSR count). The molecule has 3 aromatic rings. The Morgan fingerprint density at radius 1 is 1.12 bits per heavy atom. The van der Waals surface area contributed by atoms with E-state index in [0.717, 1.165) is 61.8 Å². The Hall–Kier alpha value is -3.30. The van der Waals surface area contributed by atoms with Gasteiger partial charge in [0.2, 0.25) is 0 Å². The third kappa shape index (κ3) is 5.76. The number of rotatable bonds is 7. The van der Waals surface area contributed by atoms with Gasteiger partial charge in [-0.3, -0.25) is 9.78 Å². The molecular formula is C31H39FN4O4. The van der Waals surface area contributed by atoms with Crippen molar-refractivity contribution in [2.24, 2.45) is 11.8 Å². The van der Waals surface area contributed by atoms with Crippen LogP contribution in [0.3, 0.4) is 0 Å². The second-order valence-corrected chi connectivity index (χ2v) is 11.9.